The number of amidine groups is 1. The monoisotopic (exact) mass is 423 g/mol. The fourth-order valence-electron chi connectivity index (χ4n) is 3.51. The van der Waals surface area contributed by atoms with E-state index in [1.807, 2.05) is 18.2 Å². The van der Waals surface area contributed by atoms with Gasteiger partial charge in [-0.25, -0.2) is 5.01 Å². The number of β-amino-alcohol motifs (C(OH)–C–C–N with tert-alkyl or cyclic N) is 1. The number of ether oxygens (including phenoxy) is 1. The number of hydrazone groups is 1. The molecule has 0 saturated carbocycles. The number of para-hydroxylation sites is 1. The third-order valence-electron chi connectivity index (χ3n) is 4.86. The molecule has 0 bridgehead atoms. The van der Waals surface area contributed by atoms with Gasteiger partial charge in [-0.3, -0.25) is 4.79 Å². The highest BCUT2D eigenvalue weighted by Crippen LogP contribution is 2.25. The maximum atomic E-state index is 12.5. The molecule has 0 radical (unpaired) electrons. The van der Waals surface area contributed by atoms with E-state index in [0.717, 1.165) is 5.56 Å². The van der Waals surface area contributed by atoms with E-state index in [4.69, 9.17) is 21.6 Å². The van der Waals surface area contributed by atoms with Crippen LogP contribution >= 0.6 is 11.6 Å². The first kappa shape index (κ1) is 19.9. The number of aliphatic hydroxyl groups excluding tert-OH is 1. The molecule has 30 heavy (non-hydrogen) atoms. The molecule has 0 aromatic heterocycles. The fraction of sp³-hybridized carbons (Fsp3) is 0.238. The van der Waals surface area contributed by atoms with Gasteiger partial charge in [0.05, 0.1) is 30.8 Å². The third-order valence-corrected chi connectivity index (χ3v) is 5.11. The zero-order valence-electron chi connectivity index (χ0n) is 15.8. The number of benzene rings is 2. The first-order chi connectivity index (χ1) is 14.5. The van der Waals surface area contributed by atoms with Crippen LogP contribution < -0.4 is 4.74 Å². The predicted molar refractivity (Wildman–Crippen MR) is 111 cm³/mol. The second-order valence-corrected chi connectivity index (χ2v) is 7.34. The summed E-state index contributed by atoms with van der Waals surface area (Å²) in [6, 6.07) is 15.6. The predicted octanol–water partition coefficient (Wildman–Crippen LogP) is 2.24. The number of aliphatic hydroxyl groups is 1. The molecule has 0 aliphatic carbocycles. The lowest BCUT2D eigenvalue weighted by Gasteiger charge is -2.25. The first-order valence-electron chi connectivity index (χ1n) is 9.34. The van der Waals surface area contributed by atoms with Crippen LogP contribution in [0.15, 0.2) is 64.7 Å². The van der Waals surface area contributed by atoms with Crippen molar-refractivity contribution in [3.8, 4) is 11.9 Å². The number of hydrogen-bond donors (Lipinski definition) is 1. The van der Waals surface area contributed by atoms with Crippen LogP contribution in [-0.4, -0.2) is 57.9 Å². The number of carbonyl (C=O) groups is 1. The van der Waals surface area contributed by atoms with Crippen molar-refractivity contribution in [2.45, 2.75) is 18.6 Å². The highest BCUT2D eigenvalue weighted by Gasteiger charge is 2.41. The summed E-state index contributed by atoms with van der Waals surface area (Å²) in [5.74, 6) is 0.352. The van der Waals surface area contributed by atoms with Gasteiger partial charge in [0.2, 0.25) is 12.1 Å². The highest BCUT2D eigenvalue weighted by atomic mass is 35.5. The van der Waals surface area contributed by atoms with Crippen LogP contribution in [0.1, 0.15) is 12.0 Å². The fourth-order valence-corrected chi connectivity index (χ4v) is 3.63. The molecule has 2 aliphatic heterocycles. The molecule has 152 valence electrons. The van der Waals surface area contributed by atoms with Crippen LogP contribution in [-0.2, 0) is 4.79 Å². The summed E-state index contributed by atoms with van der Waals surface area (Å²) in [7, 11) is 0. The molecular formula is C21H18ClN5O3. The Morgan fingerprint density at radius 1 is 1.20 bits per heavy atom. The average molecular weight is 424 g/mol. The molecule has 2 unspecified atom stereocenters. The molecule has 2 heterocycles. The van der Waals surface area contributed by atoms with Crippen molar-refractivity contribution in [3.63, 3.8) is 0 Å². The molecule has 9 heteroatoms. The maximum absolute atomic E-state index is 12.5. The van der Waals surface area contributed by atoms with Gasteiger partial charge in [-0.1, -0.05) is 41.9 Å². The van der Waals surface area contributed by atoms with Crippen molar-refractivity contribution in [1.29, 1.82) is 5.26 Å². The Morgan fingerprint density at radius 3 is 2.57 bits per heavy atom. The number of aliphatic imine (C=N–C) groups is 1. The number of nitrogens with zero attached hydrogens (tertiary/aromatic N) is 5. The molecule has 1 saturated heterocycles. The molecular weight excluding hydrogens is 406 g/mol. The van der Waals surface area contributed by atoms with E-state index in [0.29, 0.717) is 16.5 Å². The third kappa shape index (κ3) is 4.13. The Labute approximate surface area is 178 Å². The number of rotatable bonds is 3. The lowest BCUT2D eigenvalue weighted by molar-refractivity contribution is -0.128. The van der Waals surface area contributed by atoms with Gasteiger partial charge in [0.15, 0.2) is 0 Å². The zero-order valence-corrected chi connectivity index (χ0v) is 16.6. The van der Waals surface area contributed by atoms with Crippen molar-refractivity contribution in [1.82, 2.24) is 9.91 Å². The molecule has 0 spiro atoms. The highest BCUT2D eigenvalue weighted by molar-refractivity contribution is 6.30. The second kappa shape index (κ2) is 8.53. The van der Waals surface area contributed by atoms with Crippen LogP contribution in [0.25, 0.3) is 0 Å². The molecule has 4 rings (SSSR count). The number of nitriles is 1. The molecule has 1 amide bonds. The number of likely N-dealkylation sites (tertiary alicyclic amines) is 1. The summed E-state index contributed by atoms with van der Waals surface area (Å²) in [6.07, 6.45) is 1.10. The normalized spacial score (nSPS) is 21.6. The summed E-state index contributed by atoms with van der Waals surface area (Å²) in [6.45, 7) is 0.456. The Balaban J connectivity index is 1.68. The van der Waals surface area contributed by atoms with Crippen LogP contribution in [0.3, 0.4) is 0 Å². The number of hydrogen-bond acceptors (Lipinski definition) is 6. The second-order valence-electron chi connectivity index (χ2n) is 6.90. The molecule has 2 aromatic carbocycles. The summed E-state index contributed by atoms with van der Waals surface area (Å²) >= 11 is 6.01. The Morgan fingerprint density at radius 2 is 1.93 bits per heavy atom. The van der Waals surface area contributed by atoms with Crippen LogP contribution in [0.5, 0.6) is 5.75 Å². The van der Waals surface area contributed by atoms with E-state index in [9.17, 15) is 9.90 Å². The average Bonchev–Trinajstić information content (AvgIpc) is 3.32. The van der Waals surface area contributed by atoms with Crippen molar-refractivity contribution >= 4 is 29.2 Å². The van der Waals surface area contributed by atoms with Crippen molar-refractivity contribution in [3.05, 3.63) is 65.2 Å². The molecule has 8 nitrogen and oxygen atoms in total. The lowest BCUT2D eigenvalue weighted by Crippen LogP contribution is -2.45. The SMILES string of the molecule is N#CN=C(Oc1ccccc1)N1CC(N2CC(O)CC2=O)C(c2ccc(Cl)cc2)=N1. The van der Waals surface area contributed by atoms with Gasteiger partial charge in [0, 0.05) is 17.1 Å². The van der Waals surface area contributed by atoms with E-state index in [2.05, 4.69) is 10.1 Å². The zero-order chi connectivity index (χ0) is 21.1. The Hall–Kier alpha value is -3.41. The molecule has 2 aromatic rings. The van der Waals surface area contributed by atoms with E-state index in [1.54, 1.807) is 47.5 Å². The standard InChI is InChI=1S/C21H18ClN5O3/c22-15-8-6-14(7-9-15)20-18(26-11-16(28)10-19(26)29)12-27(25-20)21(24-13-23)30-17-4-2-1-3-5-17/h1-9,16,18,28H,10-12H2. The molecule has 1 N–H and O–H groups in total. The summed E-state index contributed by atoms with van der Waals surface area (Å²) in [4.78, 5) is 17.8. The summed E-state index contributed by atoms with van der Waals surface area (Å²) in [5.41, 5.74) is 1.38. The van der Waals surface area contributed by atoms with Gasteiger partial charge in [0.25, 0.3) is 0 Å². The molecule has 2 aliphatic rings. The van der Waals surface area contributed by atoms with Crippen molar-refractivity contribution < 1.29 is 14.6 Å². The minimum Gasteiger partial charge on any atom is -0.424 e. The Kier molecular flexibility index (Phi) is 5.65. The van der Waals surface area contributed by atoms with E-state index in [1.165, 1.54) is 5.01 Å². The molecule has 1 fully saturated rings. The van der Waals surface area contributed by atoms with Crippen molar-refractivity contribution in [2.75, 3.05) is 13.1 Å². The van der Waals surface area contributed by atoms with Gasteiger partial charge in [-0.2, -0.15) is 10.4 Å². The van der Waals surface area contributed by atoms with Gasteiger partial charge in [-0.05, 0) is 24.3 Å². The number of carbonyl (C=O) groups excluding carboxylic acids is 1. The smallest absolute Gasteiger partial charge is 0.329 e. The van der Waals surface area contributed by atoms with Gasteiger partial charge in [-0.15, -0.1) is 4.99 Å². The lowest BCUT2D eigenvalue weighted by atomic mass is 10.0. The van der Waals surface area contributed by atoms with Crippen LogP contribution in [0.2, 0.25) is 5.02 Å². The van der Waals surface area contributed by atoms with E-state index >= 15 is 0 Å². The van der Waals surface area contributed by atoms with Crippen LogP contribution in [0.4, 0.5) is 0 Å². The summed E-state index contributed by atoms with van der Waals surface area (Å²) in [5, 5.41) is 25.7. The van der Waals surface area contributed by atoms with Gasteiger partial charge < -0.3 is 14.7 Å². The first-order valence-corrected chi connectivity index (χ1v) is 9.72. The minimum absolute atomic E-state index is 0.00450. The van der Waals surface area contributed by atoms with E-state index in [-0.39, 0.29) is 31.4 Å². The minimum atomic E-state index is -0.717. The number of amides is 1. The van der Waals surface area contributed by atoms with Crippen molar-refractivity contribution in [2.24, 2.45) is 10.1 Å². The quantitative estimate of drug-likeness (QED) is 0.463. The van der Waals surface area contributed by atoms with Gasteiger partial charge in [0.1, 0.15) is 5.75 Å². The maximum Gasteiger partial charge on any atom is 0.329 e. The largest absolute Gasteiger partial charge is 0.424 e. The molecule has 2 atom stereocenters. The van der Waals surface area contributed by atoms with Gasteiger partial charge >= 0.3 is 6.02 Å². The van der Waals surface area contributed by atoms with Crippen LogP contribution in [0, 0.1) is 11.5 Å². The summed E-state index contributed by atoms with van der Waals surface area (Å²) < 4.78 is 5.77. The topological polar surface area (TPSA) is 102 Å². The Bertz CT molecular complexity index is 1030. The van der Waals surface area contributed by atoms with E-state index < -0.39 is 12.1 Å². The number of halogens is 1.